The Kier molecular flexibility index (Phi) is 6.03. The number of nitrogens with one attached hydrogen (secondary N) is 3. The third-order valence-electron chi connectivity index (χ3n) is 2.28. The van der Waals surface area contributed by atoms with Crippen LogP contribution in [0.25, 0.3) is 0 Å². The summed E-state index contributed by atoms with van der Waals surface area (Å²) in [6.45, 7) is 8.96. The molecule has 0 atom stereocenters. The number of benzene rings is 1. The summed E-state index contributed by atoms with van der Waals surface area (Å²) in [4.78, 5) is 16.1. The number of carbonyl (C=O) groups is 1. The number of guanidine groups is 1. The molecule has 5 heteroatoms. The van der Waals surface area contributed by atoms with Gasteiger partial charge in [-0.15, -0.1) is 0 Å². The van der Waals surface area contributed by atoms with Crippen LogP contribution in [0.4, 0.5) is 5.69 Å². The van der Waals surface area contributed by atoms with Gasteiger partial charge in [0.15, 0.2) is 5.96 Å². The highest BCUT2D eigenvalue weighted by Gasteiger charge is 2.12. The van der Waals surface area contributed by atoms with Crippen LogP contribution in [-0.4, -0.2) is 30.5 Å². The molecule has 0 aliphatic heterocycles. The van der Waals surface area contributed by atoms with Gasteiger partial charge in [0, 0.05) is 17.8 Å². The first-order valence-electron chi connectivity index (χ1n) is 6.82. The topological polar surface area (TPSA) is 65.5 Å². The molecule has 0 aliphatic carbocycles. The molecule has 0 heterocycles. The second kappa shape index (κ2) is 7.53. The van der Waals surface area contributed by atoms with Gasteiger partial charge in [0.2, 0.25) is 5.91 Å². The van der Waals surface area contributed by atoms with Gasteiger partial charge in [-0.1, -0.05) is 18.2 Å². The lowest BCUT2D eigenvalue weighted by Crippen LogP contribution is -2.47. The minimum Gasteiger partial charge on any atom is -0.357 e. The number of amides is 1. The van der Waals surface area contributed by atoms with E-state index in [-0.39, 0.29) is 18.0 Å². The molecule has 1 aromatic carbocycles. The van der Waals surface area contributed by atoms with Crippen LogP contribution in [0.3, 0.4) is 0 Å². The van der Waals surface area contributed by atoms with Crippen LogP contribution >= 0.6 is 0 Å². The highest BCUT2D eigenvalue weighted by molar-refractivity contribution is 5.94. The molecule has 0 aromatic heterocycles. The molecule has 110 valence electrons. The van der Waals surface area contributed by atoms with Crippen LogP contribution in [0.2, 0.25) is 0 Å². The largest absolute Gasteiger partial charge is 0.357 e. The summed E-state index contributed by atoms with van der Waals surface area (Å²) in [6, 6.07) is 9.36. The van der Waals surface area contributed by atoms with Crippen molar-refractivity contribution in [2.45, 2.75) is 33.2 Å². The SMILES string of the molecule is CCNC(=NCC(=O)Nc1ccccc1)NC(C)(C)C. The van der Waals surface area contributed by atoms with Crippen molar-refractivity contribution in [1.29, 1.82) is 0 Å². The molecule has 5 nitrogen and oxygen atoms in total. The fraction of sp³-hybridized carbons (Fsp3) is 0.467. The van der Waals surface area contributed by atoms with Crippen molar-refractivity contribution in [3.05, 3.63) is 30.3 Å². The van der Waals surface area contributed by atoms with E-state index in [1.807, 2.05) is 58.0 Å². The van der Waals surface area contributed by atoms with Crippen molar-refractivity contribution in [3.63, 3.8) is 0 Å². The maximum Gasteiger partial charge on any atom is 0.246 e. The summed E-state index contributed by atoms with van der Waals surface area (Å²) >= 11 is 0. The first kappa shape index (κ1) is 16.0. The second-order valence-corrected chi connectivity index (χ2v) is 5.48. The van der Waals surface area contributed by atoms with Gasteiger partial charge in [-0.3, -0.25) is 4.79 Å². The highest BCUT2D eigenvalue weighted by Crippen LogP contribution is 2.04. The lowest BCUT2D eigenvalue weighted by Gasteiger charge is -2.23. The fourth-order valence-electron chi connectivity index (χ4n) is 1.54. The van der Waals surface area contributed by atoms with Gasteiger partial charge < -0.3 is 16.0 Å². The van der Waals surface area contributed by atoms with Gasteiger partial charge in [0.25, 0.3) is 0 Å². The van der Waals surface area contributed by atoms with Crippen LogP contribution in [0.15, 0.2) is 35.3 Å². The van der Waals surface area contributed by atoms with E-state index < -0.39 is 0 Å². The molecule has 0 unspecified atom stereocenters. The number of para-hydroxylation sites is 1. The summed E-state index contributed by atoms with van der Waals surface area (Å²) in [5.74, 6) is 0.505. The molecule has 1 aromatic rings. The maximum atomic E-state index is 11.8. The summed E-state index contributed by atoms with van der Waals surface area (Å²) < 4.78 is 0. The molecule has 0 saturated heterocycles. The van der Waals surface area contributed by atoms with Gasteiger partial charge in [0.1, 0.15) is 6.54 Å². The van der Waals surface area contributed by atoms with E-state index in [0.29, 0.717) is 5.96 Å². The standard InChI is InChI=1S/C15H24N4O/c1-5-16-14(19-15(2,3)4)17-11-13(20)18-12-9-7-6-8-10-12/h6-10H,5,11H2,1-4H3,(H,18,20)(H2,16,17,19). The van der Waals surface area contributed by atoms with Gasteiger partial charge in [0.05, 0.1) is 0 Å². The Morgan fingerprint density at radius 1 is 1.20 bits per heavy atom. The van der Waals surface area contributed by atoms with Crippen LogP contribution in [0, 0.1) is 0 Å². The Bertz CT molecular complexity index is 449. The lowest BCUT2D eigenvalue weighted by molar-refractivity contribution is -0.114. The second-order valence-electron chi connectivity index (χ2n) is 5.48. The minimum atomic E-state index is -0.137. The van der Waals surface area contributed by atoms with E-state index in [2.05, 4.69) is 20.9 Å². The normalized spacial score (nSPS) is 11.9. The molecule has 1 amide bonds. The average Bonchev–Trinajstić information content (AvgIpc) is 2.36. The Morgan fingerprint density at radius 2 is 1.85 bits per heavy atom. The highest BCUT2D eigenvalue weighted by atomic mass is 16.1. The molecule has 3 N–H and O–H groups in total. The van der Waals surface area contributed by atoms with Crippen LogP contribution in [0.1, 0.15) is 27.7 Å². The number of nitrogens with zero attached hydrogens (tertiary/aromatic N) is 1. The molecule has 0 spiro atoms. The van der Waals surface area contributed by atoms with Crippen molar-refractivity contribution in [2.24, 2.45) is 4.99 Å². The zero-order valence-corrected chi connectivity index (χ0v) is 12.7. The number of aliphatic imine (C=N–C) groups is 1. The van der Waals surface area contributed by atoms with Crippen LogP contribution in [0.5, 0.6) is 0 Å². The van der Waals surface area contributed by atoms with E-state index in [9.17, 15) is 4.79 Å². The molecular weight excluding hydrogens is 252 g/mol. The molecular formula is C15H24N4O. The quantitative estimate of drug-likeness (QED) is 0.582. The van der Waals surface area contributed by atoms with E-state index in [0.717, 1.165) is 12.2 Å². The summed E-state index contributed by atoms with van der Waals surface area (Å²) in [5.41, 5.74) is 0.679. The predicted octanol–water partition coefficient (Wildman–Crippen LogP) is 1.98. The first-order chi connectivity index (χ1) is 9.40. The molecule has 0 aliphatic rings. The number of rotatable bonds is 4. The predicted molar refractivity (Wildman–Crippen MR) is 83.9 cm³/mol. The Hall–Kier alpha value is -2.04. The smallest absolute Gasteiger partial charge is 0.246 e. The minimum absolute atomic E-state index is 0.0836. The van der Waals surface area contributed by atoms with Crippen molar-refractivity contribution in [1.82, 2.24) is 10.6 Å². The number of hydrogen-bond donors (Lipinski definition) is 3. The molecule has 0 saturated carbocycles. The van der Waals surface area contributed by atoms with Crippen LogP contribution in [-0.2, 0) is 4.79 Å². The number of carbonyl (C=O) groups excluding carboxylic acids is 1. The van der Waals surface area contributed by atoms with Crippen molar-refractivity contribution >= 4 is 17.6 Å². The summed E-state index contributed by atoms with van der Waals surface area (Å²) in [5, 5.41) is 9.15. The third kappa shape index (κ3) is 6.78. The van der Waals surface area contributed by atoms with Crippen molar-refractivity contribution in [3.8, 4) is 0 Å². The first-order valence-corrected chi connectivity index (χ1v) is 6.82. The van der Waals surface area contributed by atoms with Gasteiger partial charge in [-0.05, 0) is 39.8 Å². The lowest BCUT2D eigenvalue weighted by atomic mass is 10.1. The Balaban J connectivity index is 2.56. The summed E-state index contributed by atoms with van der Waals surface area (Å²) in [7, 11) is 0. The maximum absolute atomic E-state index is 11.8. The monoisotopic (exact) mass is 276 g/mol. The van der Waals surface area contributed by atoms with E-state index in [4.69, 9.17) is 0 Å². The zero-order valence-electron chi connectivity index (χ0n) is 12.7. The Morgan fingerprint density at radius 3 is 2.40 bits per heavy atom. The molecule has 0 fully saturated rings. The van der Waals surface area contributed by atoms with Crippen molar-refractivity contribution in [2.75, 3.05) is 18.4 Å². The molecule has 0 radical (unpaired) electrons. The van der Waals surface area contributed by atoms with Gasteiger partial charge in [-0.2, -0.15) is 0 Å². The number of anilines is 1. The fourth-order valence-corrected chi connectivity index (χ4v) is 1.54. The van der Waals surface area contributed by atoms with Crippen LogP contribution < -0.4 is 16.0 Å². The molecule has 1 rings (SSSR count). The molecule has 0 bridgehead atoms. The average molecular weight is 276 g/mol. The van der Waals surface area contributed by atoms with Gasteiger partial charge in [-0.25, -0.2) is 4.99 Å². The zero-order chi connectivity index (χ0) is 15.0. The van der Waals surface area contributed by atoms with E-state index in [1.54, 1.807) is 0 Å². The van der Waals surface area contributed by atoms with Gasteiger partial charge >= 0.3 is 0 Å². The summed E-state index contributed by atoms with van der Waals surface area (Å²) in [6.07, 6.45) is 0. The van der Waals surface area contributed by atoms with E-state index >= 15 is 0 Å². The van der Waals surface area contributed by atoms with E-state index in [1.165, 1.54) is 0 Å². The molecule has 20 heavy (non-hydrogen) atoms. The van der Waals surface area contributed by atoms with Crippen molar-refractivity contribution < 1.29 is 4.79 Å². The number of hydrogen-bond acceptors (Lipinski definition) is 2. The third-order valence-corrected chi connectivity index (χ3v) is 2.28. The Labute approximate surface area is 120 Å².